The van der Waals surface area contributed by atoms with Crippen molar-refractivity contribution in [3.63, 3.8) is 0 Å². The number of ether oxygens (including phenoxy) is 1. The van der Waals surface area contributed by atoms with Crippen LogP contribution < -0.4 is 10.1 Å². The molecule has 8 heteroatoms. The van der Waals surface area contributed by atoms with Crippen LogP contribution in [0.1, 0.15) is 11.3 Å². The van der Waals surface area contributed by atoms with Crippen molar-refractivity contribution in [2.75, 3.05) is 5.32 Å². The van der Waals surface area contributed by atoms with Crippen LogP contribution in [0.25, 0.3) is 0 Å². The van der Waals surface area contributed by atoms with Gasteiger partial charge >= 0.3 is 6.36 Å². The summed E-state index contributed by atoms with van der Waals surface area (Å²) in [5, 5.41) is 13.3. The quantitative estimate of drug-likeness (QED) is 0.893. The highest BCUT2D eigenvalue weighted by molar-refractivity contribution is 6.07. The van der Waals surface area contributed by atoms with Crippen LogP contribution in [0.5, 0.6) is 5.75 Å². The zero-order valence-corrected chi connectivity index (χ0v) is 11.3. The molecule has 1 aromatic carbocycles. The average molecular weight is 312 g/mol. The van der Waals surface area contributed by atoms with Gasteiger partial charge in [-0.25, -0.2) is 0 Å². The van der Waals surface area contributed by atoms with E-state index in [9.17, 15) is 23.1 Å². The summed E-state index contributed by atoms with van der Waals surface area (Å²) >= 11 is 0. The third-order valence-corrected chi connectivity index (χ3v) is 3.51. The fourth-order valence-electron chi connectivity index (χ4n) is 2.56. The molecule has 1 atom stereocenters. The minimum Gasteiger partial charge on any atom is -0.406 e. The van der Waals surface area contributed by atoms with Gasteiger partial charge in [-0.15, -0.1) is 13.2 Å². The molecule has 0 spiro atoms. The van der Waals surface area contributed by atoms with Crippen LogP contribution >= 0.6 is 0 Å². The highest BCUT2D eigenvalue weighted by Crippen LogP contribution is 2.43. The number of anilines is 1. The minimum atomic E-state index is -4.85. The molecule has 0 aliphatic carbocycles. The molecule has 1 aliphatic rings. The van der Waals surface area contributed by atoms with Gasteiger partial charge in [-0.2, -0.15) is 0 Å². The van der Waals surface area contributed by atoms with Crippen molar-refractivity contribution in [1.82, 2.24) is 4.57 Å². The van der Waals surface area contributed by atoms with Crippen LogP contribution in [0.15, 0.2) is 36.5 Å². The molecule has 0 unspecified atom stereocenters. The Morgan fingerprint density at radius 2 is 2.05 bits per heavy atom. The molecule has 22 heavy (non-hydrogen) atoms. The number of halogens is 3. The minimum absolute atomic E-state index is 0.0149. The smallest absolute Gasteiger partial charge is 0.406 e. The Hall–Kier alpha value is -2.48. The Morgan fingerprint density at radius 1 is 1.32 bits per heavy atom. The highest BCUT2D eigenvalue weighted by Gasteiger charge is 2.48. The van der Waals surface area contributed by atoms with E-state index in [1.807, 2.05) is 0 Å². The molecule has 2 heterocycles. The van der Waals surface area contributed by atoms with Gasteiger partial charge in [0.1, 0.15) is 5.75 Å². The summed E-state index contributed by atoms with van der Waals surface area (Å²) in [6.45, 7) is 0. The first kappa shape index (κ1) is 14.5. The van der Waals surface area contributed by atoms with E-state index < -0.39 is 23.6 Å². The summed E-state index contributed by atoms with van der Waals surface area (Å²) in [5.41, 5.74) is -1.57. The van der Waals surface area contributed by atoms with E-state index in [4.69, 9.17) is 0 Å². The molecule has 2 N–H and O–H groups in total. The van der Waals surface area contributed by atoms with Crippen molar-refractivity contribution in [3.8, 4) is 5.75 Å². The average Bonchev–Trinajstić information content (AvgIpc) is 2.93. The maximum absolute atomic E-state index is 12.3. The third-order valence-electron chi connectivity index (χ3n) is 3.51. The number of amides is 1. The lowest BCUT2D eigenvalue weighted by molar-refractivity contribution is -0.274. The Bertz CT molecular complexity index is 754. The number of fused-ring (bicyclic) bond motifs is 1. The van der Waals surface area contributed by atoms with Crippen molar-refractivity contribution in [2.24, 2.45) is 7.05 Å². The van der Waals surface area contributed by atoms with Crippen LogP contribution in [0.3, 0.4) is 0 Å². The van der Waals surface area contributed by atoms with E-state index >= 15 is 0 Å². The van der Waals surface area contributed by atoms with E-state index in [1.165, 1.54) is 16.7 Å². The van der Waals surface area contributed by atoms with Crippen LogP contribution in [0.4, 0.5) is 18.9 Å². The fraction of sp³-hybridized carbons (Fsp3) is 0.214. The molecule has 1 aromatic heterocycles. The van der Waals surface area contributed by atoms with Crippen LogP contribution in [0.2, 0.25) is 0 Å². The molecule has 0 radical (unpaired) electrons. The second-order valence-corrected chi connectivity index (χ2v) is 4.92. The number of aromatic nitrogens is 1. The Balaban J connectivity index is 2.12. The molecular weight excluding hydrogens is 301 g/mol. The first-order chi connectivity index (χ1) is 10.2. The zero-order valence-electron chi connectivity index (χ0n) is 11.3. The van der Waals surface area contributed by atoms with E-state index in [1.54, 1.807) is 19.3 Å². The van der Waals surface area contributed by atoms with Crippen LogP contribution in [-0.2, 0) is 17.4 Å². The molecule has 0 saturated carbocycles. The summed E-state index contributed by atoms with van der Waals surface area (Å²) in [4.78, 5) is 12.2. The van der Waals surface area contributed by atoms with E-state index in [-0.39, 0.29) is 16.9 Å². The zero-order chi connectivity index (χ0) is 16.1. The highest BCUT2D eigenvalue weighted by atomic mass is 19.4. The van der Waals surface area contributed by atoms with Crippen molar-refractivity contribution in [1.29, 1.82) is 0 Å². The molecule has 3 rings (SSSR count). The van der Waals surface area contributed by atoms with Gasteiger partial charge < -0.3 is 19.7 Å². The molecule has 2 aromatic rings. The number of carbonyl (C=O) groups is 1. The Kier molecular flexibility index (Phi) is 2.96. The molecule has 1 amide bonds. The van der Waals surface area contributed by atoms with Gasteiger partial charge in [0.2, 0.25) is 5.60 Å². The summed E-state index contributed by atoms with van der Waals surface area (Å²) in [6.07, 6.45) is -3.23. The third kappa shape index (κ3) is 2.12. The van der Waals surface area contributed by atoms with Crippen molar-refractivity contribution in [3.05, 3.63) is 47.8 Å². The predicted octanol–water partition coefficient (Wildman–Crippen LogP) is 2.11. The topological polar surface area (TPSA) is 63.5 Å². The van der Waals surface area contributed by atoms with Gasteiger partial charge in [-0.05, 0) is 30.3 Å². The number of nitrogens with zero attached hydrogens (tertiary/aromatic N) is 1. The summed E-state index contributed by atoms with van der Waals surface area (Å²) < 4.78 is 42.4. The van der Waals surface area contributed by atoms with Crippen molar-refractivity contribution in [2.45, 2.75) is 12.0 Å². The summed E-state index contributed by atoms with van der Waals surface area (Å²) in [5.74, 6) is -1.23. The normalized spacial score (nSPS) is 20.7. The fourth-order valence-corrected chi connectivity index (χ4v) is 2.56. The number of benzene rings is 1. The molecule has 116 valence electrons. The van der Waals surface area contributed by atoms with Crippen LogP contribution in [0, 0.1) is 0 Å². The maximum Gasteiger partial charge on any atom is 0.573 e. The number of hydrogen-bond acceptors (Lipinski definition) is 3. The second-order valence-electron chi connectivity index (χ2n) is 4.92. The molecule has 5 nitrogen and oxygen atoms in total. The number of rotatable bonds is 2. The summed E-state index contributed by atoms with van der Waals surface area (Å²) in [7, 11) is 1.62. The van der Waals surface area contributed by atoms with Crippen molar-refractivity contribution < 1.29 is 27.8 Å². The van der Waals surface area contributed by atoms with Gasteiger partial charge in [0, 0.05) is 24.5 Å². The van der Waals surface area contributed by atoms with Gasteiger partial charge in [-0.3, -0.25) is 4.79 Å². The maximum atomic E-state index is 12.3. The number of alkyl halides is 3. The summed E-state index contributed by atoms with van der Waals surface area (Å²) in [6, 6.07) is 6.48. The monoisotopic (exact) mass is 312 g/mol. The molecule has 0 fully saturated rings. The number of aryl methyl sites for hydroxylation is 1. The number of carbonyl (C=O) groups excluding carboxylic acids is 1. The predicted molar refractivity (Wildman–Crippen MR) is 70.2 cm³/mol. The van der Waals surface area contributed by atoms with E-state index in [0.717, 1.165) is 12.1 Å². The van der Waals surface area contributed by atoms with E-state index in [2.05, 4.69) is 10.1 Å². The molecule has 0 bridgehead atoms. The number of aliphatic hydroxyl groups is 1. The Labute approximate surface area is 122 Å². The Morgan fingerprint density at radius 3 is 2.64 bits per heavy atom. The largest absolute Gasteiger partial charge is 0.573 e. The number of hydrogen-bond donors (Lipinski definition) is 2. The van der Waals surface area contributed by atoms with Gasteiger partial charge in [-0.1, -0.05) is 0 Å². The van der Waals surface area contributed by atoms with E-state index in [0.29, 0.717) is 0 Å². The van der Waals surface area contributed by atoms with Gasteiger partial charge in [0.25, 0.3) is 5.91 Å². The van der Waals surface area contributed by atoms with Crippen molar-refractivity contribution >= 4 is 11.6 Å². The lowest BCUT2D eigenvalue weighted by Crippen LogP contribution is -2.37. The standard InChI is InChI=1S/C14H11F3N2O3/c1-19-6-2-3-11(19)13(21)9-7-8(22-14(15,16)17)4-5-10(9)18-12(13)20/h2-7,21H,1H3,(H,18,20)/t13-/m0/s1. The first-order valence-electron chi connectivity index (χ1n) is 6.28. The van der Waals surface area contributed by atoms with Gasteiger partial charge in [0.05, 0.1) is 5.69 Å². The molecule has 1 aliphatic heterocycles. The van der Waals surface area contributed by atoms with Crippen LogP contribution in [-0.4, -0.2) is 21.9 Å². The number of nitrogens with one attached hydrogen (secondary N) is 1. The van der Waals surface area contributed by atoms with Gasteiger partial charge in [0.15, 0.2) is 0 Å². The lowest BCUT2D eigenvalue weighted by atomic mass is 9.91. The molecular formula is C14H11F3N2O3. The molecule has 0 saturated heterocycles. The SMILES string of the molecule is Cn1cccc1[C@]1(O)C(=O)Nc2ccc(OC(F)(F)F)cc21. The first-order valence-corrected chi connectivity index (χ1v) is 6.28. The lowest BCUT2D eigenvalue weighted by Gasteiger charge is -2.22. The second kappa shape index (κ2) is 4.51.